The number of hydrogen-bond acceptors (Lipinski definition) is 0. The van der Waals surface area contributed by atoms with Crippen molar-refractivity contribution in [1.82, 2.24) is 0 Å². The molecule has 1 spiro atoms. The minimum atomic E-state index is -2.35. The molecule has 0 heterocycles. The van der Waals surface area contributed by atoms with Crippen LogP contribution in [0.3, 0.4) is 0 Å². The highest BCUT2D eigenvalue weighted by Crippen LogP contribution is 2.65. The van der Waals surface area contributed by atoms with E-state index in [0.717, 1.165) is 18.8 Å². The quantitative estimate of drug-likeness (QED) is 0.586. The highest BCUT2D eigenvalue weighted by Gasteiger charge is 2.58. The van der Waals surface area contributed by atoms with E-state index in [4.69, 9.17) is 0 Å². The van der Waals surface area contributed by atoms with Crippen molar-refractivity contribution in [1.29, 1.82) is 0 Å². The Morgan fingerprint density at radius 3 is 2.00 bits per heavy atom. The normalized spacial score (nSPS) is 35.3. The number of hydrogen-bond donors (Lipinski definition) is 0. The molecule has 0 aromatic carbocycles. The lowest BCUT2D eigenvalue weighted by molar-refractivity contribution is -0.0526. The molecule has 2 aliphatic carbocycles. The van der Waals surface area contributed by atoms with Crippen LogP contribution in [0.2, 0.25) is 0 Å². The van der Waals surface area contributed by atoms with Crippen LogP contribution in [0.4, 0.5) is 8.78 Å². The second kappa shape index (κ2) is 2.68. The molecule has 0 N–H and O–H groups in total. The first-order chi connectivity index (χ1) is 5.95. The summed E-state index contributed by atoms with van der Waals surface area (Å²) in [5, 5.41) is 0. The average molecular weight is 188 g/mol. The molecule has 0 saturated heterocycles. The van der Waals surface area contributed by atoms with Gasteiger partial charge in [0.1, 0.15) is 0 Å². The monoisotopic (exact) mass is 188 g/mol. The molecular weight excluding hydrogens is 170 g/mol. The summed E-state index contributed by atoms with van der Waals surface area (Å²) < 4.78 is 25.8. The summed E-state index contributed by atoms with van der Waals surface area (Å²) in [6.45, 7) is 4.43. The van der Waals surface area contributed by atoms with E-state index in [9.17, 15) is 8.78 Å². The van der Waals surface area contributed by atoms with E-state index >= 15 is 0 Å². The van der Waals surface area contributed by atoms with Crippen molar-refractivity contribution >= 4 is 0 Å². The Hall–Kier alpha value is -0.140. The van der Waals surface area contributed by atoms with Gasteiger partial charge in [0.05, 0.1) is 0 Å². The van der Waals surface area contributed by atoms with E-state index in [1.807, 2.05) is 0 Å². The van der Waals surface area contributed by atoms with Crippen LogP contribution in [0.1, 0.15) is 46.0 Å². The van der Waals surface area contributed by atoms with Gasteiger partial charge in [-0.05, 0) is 36.5 Å². The van der Waals surface area contributed by atoms with Gasteiger partial charge >= 0.3 is 0 Å². The van der Waals surface area contributed by atoms with Crippen LogP contribution in [0.25, 0.3) is 0 Å². The molecule has 2 heteroatoms. The van der Waals surface area contributed by atoms with Gasteiger partial charge in [-0.3, -0.25) is 0 Å². The lowest BCUT2D eigenvalue weighted by atomic mass is 9.80. The van der Waals surface area contributed by atoms with Crippen LogP contribution in [0, 0.1) is 17.3 Å². The van der Waals surface area contributed by atoms with E-state index in [1.165, 1.54) is 6.42 Å². The summed E-state index contributed by atoms with van der Waals surface area (Å²) in [7, 11) is 0. The molecule has 0 unspecified atom stereocenters. The minimum Gasteiger partial charge on any atom is -0.207 e. The molecule has 76 valence electrons. The summed E-state index contributed by atoms with van der Waals surface area (Å²) in [4.78, 5) is 0. The van der Waals surface area contributed by atoms with Crippen molar-refractivity contribution in [2.24, 2.45) is 17.3 Å². The predicted molar refractivity (Wildman–Crippen MR) is 48.8 cm³/mol. The molecule has 0 aromatic rings. The van der Waals surface area contributed by atoms with Gasteiger partial charge in [-0.1, -0.05) is 13.8 Å². The molecule has 2 saturated carbocycles. The molecule has 0 amide bonds. The second-order valence-electron chi connectivity index (χ2n) is 5.27. The standard InChI is InChI=1S/C11H18F2/c1-8(2)9-7-10(9)3-5-11(12,13)6-4-10/h8-9H,3-7H2,1-2H3/t9-/m0/s1. The summed E-state index contributed by atoms with van der Waals surface area (Å²) in [6, 6.07) is 0. The van der Waals surface area contributed by atoms with Crippen LogP contribution in [0.5, 0.6) is 0 Å². The van der Waals surface area contributed by atoms with Gasteiger partial charge in [-0.25, -0.2) is 8.78 Å². The summed E-state index contributed by atoms with van der Waals surface area (Å²) in [5.74, 6) is -0.926. The van der Waals surface area contributed by atoms with Crippen molar-refractivity contribution in [3.05, 3.63) is 0 Å². The fraction of sp³-hybridized carbons (Fsp3) is 1.00. The molecule has 0 bridgehead atoms. The third-order valence-corrected chi connectivity index (χ3v) is 4.03. The minimum absolute atomic E-state index is 0.135. The highest BCUT2D eigenvalue weighted by molar-refractivity contribution is 5.06. The fourth-order valence-electron chi connectivity index (χ4n) is 3.01. The van der Waals surface area contributed by atoms with Crippen LogP contribution >= 0.6 is 0 Å². The third kappa shape index (κ3) is 1.60. The Bertz CT molecular complexity index is 198. The second-order valence-corrected chi connectivity index (χ2v) is 5.27. The Balaban J connectivity index is 1.93. The molecular formula is C11H18F2. The van der Waals surface area contributed by atoms with E-state index < -0.39 is 5.92 Å². The maximum Gasteiger partial charge on any atom is 0.248 e. The molecule has 2 rings (SSSR count). The van der Waals surface area contributed by atoms with Crippen molar-refractivity contribution in [2.45, 2.75) is 51.9 Å². The van der Waals surface area contributed by atoms with Crippen molar-refractivity contribution in [2.75, 3.05) is 0 Å². The Kier molecular flexibility index (Phi) is 1.94. The van der Waals surface area contributed by atoms with Crippen LogP contribution < -0.4 is 0 Å². The Morgan fingerprint density at radius 2 is 1.62 bits per heavy atom. The van der Waals surface area contributed by atoms with Crippen LogP contribution in [0.15, 0.2) is 0 Å². The summed E-state index contributed by atoms with van der Waals surface area (Å²) in [6.07, 6.45) is 3.01. The number of rotatable bonds is 1. The summed E-state index contributed by atoms with van der Waals surface area (Å²) in [5.41, 5.74) is 0.343. The molecule has 2 aliphatic rings. The first-order valence-electron chi connectivity index (χ1n) is 5.33. The Labute approximate surface area is 78.7 Å². The average Bonchev–Trinajstić information content (AvgIpc) is 2.72. The zero-order chi connectivity index (χ0) is 9.69. The zero-order valence-corrected chi connectivity index (χ0v) is 8.45. The maximum absolute atomic E-state index is 12.9. The molecule has 0 aromatic heterocycles. The fourth-order valence-corrected chi connectivity index (χ4v) is 3.01. The molecule has 0 radical (unpaired) electrons. The van der Waals surface area contributed by atoms with E-state index in [1.54, 1.807) is 0 Å². The SMILES string of the molecule is CC(C)[C@@H]1CC12CCC(F)(F)CC2. The lowest BCUT2D eigenvalue weighted by Crippen LogP contribution is -2.26. The first kappa shape index (κ1) is 9.42. The molecule has 2 fully saturated rings. The number of alkyl halides is 2. The van der Waals surface area contributed by atoms with Crippen molar-refractivity contribution in [3.8, 4) is 0 Å². The van der Waals surface area contributed by atoms with Gasteiger partial charge in [0, 0.05) is 12.8 Å². The van der Waals surface area contributed by atoms with Gasteiger partial charge in [0.15, 0.2) is 0 Å². The van der Waals surface area contributed by atoms with Gasteiger partial charge in [-0.2, -0.15) is 0 Å². The maximum atomic E-state index is 12.9. The third-order valence-electron chi connectivity index (χ3n) is 4.03. The zero-order valence-electron chi connectivity index (χ0n) is 8.45. The predicted octanol–water partition coefficient (Wildman–Crippen LogP) is 3.86. The van der Waals surface area contributed by atoms with Gasteiger partial charge in [0.25, 0.3) is 0 Å². The summed E-state index contributed by atoms with van der Waals surface area (Å²) >= 11 is 0. The first-order valence-corrected chi connectivity index (χ1v) is 5.33. The van der Waals surface area contributed by atoms with Crippen LogP contribution in [-0.4, -0.2) is 5.92 Å². The van der Waals surface area contributed by atoms with Crippen molar-refractivity contribution < 1.29 is 8.78 Å². The molecule has 0 nitrogen and oxygen atoms in total. The topological polar surface area (TPSA) is 0 Å². The molecule has 0 aliphatic heterocycles. The van der Waals surface area contributed by atoms with Gasteiger partial charge < -0.3 is 0 Å². The Morgan fingerprint density at radius 1 is 1.08 bits per heavy atom. The highest BCUT2D eigenvalue weighted by atomic mass is 19.3. The van der Waals surface area contributed by atoms with E-state index in [2.05, 4.69) is 13.8 Å². The molecule has 13 heavy (non-hydrogen) atoms. The van der Waals surface area contributed by atoms with Gasteiger partial charge in [-0.15, -0.1) is 0 Å². The van der Waals surface area contributed by atoms with Crippen LogP contribution in [-0.2, 0) is 0 Å². The van der Waals surface area contributed by atoms with Crippen molar-refractivity contribution in [3.63, 3.8) is 0 Å². The molecule has 1 atom stereocenters. The van der Waals surface area contributed by atoms with E-state index in [-0.39, 0.29) is 12.8 Å². The smallest absolute Gasteiger partial charge is 0.207 e. The van der Waals surface area contributed by atoms with Gasteiger partial charge in [0.2, 0.25) is 5.92 Å². The lowest BCUT2D eigenvalue weighted by Gasteiger charge is -2.29. The van der Waals surface area contributed by atoms with E-state index in [0.29, 0.717) is 11.3 Å². The number of halogens is 2. The largest absolute Gasteiger partial charge is 0.248 e.